The number of aliphatic hydroxyl groups is 1. The highest BCUT2D eigenvalue weighted by atomic mass is 16.3. The summed E-state index contributed by atoms with van der Waals surface area (Å²) in [7, 11) is 0. The topological polar surface area (TPSA) is 60.9 Å². The molecule has 1 N–H and O–H groups in total. The molecule has 2 unspecified atom stereocenters. The van der Waals surface area contributed by atoms with Crippen LogP contribution in [-0.4, -0.2) is 51.9 Å². The van der Waals surface area contributed by atoms with Gasteiger partial charge in [-0.2, -0.15) is 0 Å². The van der Waals surface area contributed by atoms with Crippen LogP contribution < -0.4 is 0 Å². The Labute approximate surface area is 166 Å². The van der Waals surface area contributed by atoms with E-state index in [2.05, 4.69) is 4.90 Å². The number of aryl methyl sites for hydroxylation is 1. The van der Waals surface area contributed by atoms with E-state index in [9.17, 15) is 14.7 Å². The Balaban J connectivity index is 1.32. The first-order chi connectivity index (χ1) is 13.6. The molecule has 2 saturated heterocycles. The maximum Gasteiger partial charge on any atom is 0.254 e. The molecule has 5 heteroatoms. The largest absolute Gasteiger partial charge is 0.392 e. The zero-order chi connectivity index (χ0) is 19.4. The SMILES string of the molecule is Cc1ccc(C(=O)N2C3CCC2CN(C(=O)C2C4CCC2CC4)C3)cc1CO. The molecule has 2 saturated carbocycles. The molecule has 1 aromatic carbocycles. The van der Waals surface area contributed by atoms with Crippen LogP contribution in [0.4, 0.5) is 0 Å². The predicted octanol–water partition coefficient (Wildman–Crippen LogP) is 2.74. The number of piperazine rings is 1. The maximum atomic E-state index is 13.2. The second-order valence-electron chi connectivity index (χ2n) is 9.34. The summed E-state index contributed by atoms with van der Waals surface area (Å²) in [6, 6.07) is 5.87. The number of likely N-dealkylation sites (tertiary alicyclic amines) is 1. The Kier molecular flexibility index (Phi) is 4.46. The molecule has 2 amide bonds. The smallest absolute Gasteiger partial charge is 0.254 e. The molecule has 4 aliphatic rings. The van der Waals surface area contributed by atoms with Crippen LogP contribution in [0.15, 0.2) is 18.2 Å². The number of hydrogen-bond donors (Lipinski definition) is 1. The standard InChI is InChI=1S/C23H30N2O3/c1-14-2-3-17(10-18(14)13-26)22(27)25-19-8-9-20(25)12-24(11-19)23(28)21-15-4-5-16(21)7-6-15/h2-3,10,15-16,19-21,26H,4-9,11-13H2,1H3. The fraction of sp³-hybridized carbons (Fsp3) is 0.652. The highest BCUT2D eigenvalue weighted by molar-refractivity contribution is 5.95. The summed E-state index contributed by atoms with van der Waals surface area (Å²) in [5, 5.41) is 9.53. The number of rotatable bonds is 3. The van der Waals surface area contributed by atoms with Gasteiger partial charge in [0.05, 0.1) is 18.7 Å². The van der Waals surface area contributed by atoms with E-state index >= 15 is 0 Å². The monoisotopic (exact) mass is 382 g/mol. The number of hydrogen-bond acceptors (Lipinski definition) is 3. The van der Waals surface area contributed by atoms with Gasteiger partial charge in [0, 0.05) is 24.6 Å². The molecule has 28 heavy (non-hydrogen) atoms. The Morgan fingerprint density at radius 3 is 2.18 bits per heavy atom. The van der Waals surface area contributed by atoms with Crippen LogP contribution >= 0.6 is 0 Å². The van der Waals surface area contributed by atoms with E-state index < -0.39 is 0 Å². The molecule has 4 bridgehead atoms. The molecule has 5 rings (SSSR count). The van der Waals surface area contributed by atoms with Gasteiger partial charge in [-0.3, -0.25) is 9.59 Å². The minimum atomic E-state index is -0.0498. The van der Waals surface area contributed by atoms with Crippen molar-refractivity contribution in [3.63, 3.8) is 0 Å². The summed E-state index contributed by atoms with van der Waals surface area (Å²) in [5.74, 6) is 1.89. The molecular formula is C23H30N2O3. The number of fused-ring (bicyclic) bond motifs is 4. The third-order valence-electron chi connectivity index (χ3n) is 7.91. The lowest BCUT2D eigenvalue weighted by Crippen LogP contribution is -2.58. The zero-order valence-corrected chi connectivity index (χ0v) is 16.6. The molecule has 2 aliphatic carbocycles. The van der Waals surface area contributed by atoms with Crippen LogP contribution in [0.3, 0.4) is 0 Å². The molecule has 0 radical (unpaired) electrons. The Morgan fingerprint density at radius 1 is 1.00 bits per heavy atom. The van der Waals surface area contributed by atoms with Gasteiger partial charge in [0.25, 0.3) is 5.91 Å². The molecule has 0 spiro atoms. The highest BCUT2D eigenvalue weighted by Crippen LogP contribution is 2.50. The van der Waals surface area contributed by atoms with Crippen LogP contribution in [0.2, 0.25) is 0 Å². The van der Waals surface area contributed by atoms with E-state index in [4.69, 9.17) is 0 Å². The van der Waals surface area contributed by atoms with Crippen molar-refractivity contribution in [2.45, 2.75) is 64.1 Å². The molecule has 4 fully saturated rings. The van der Waals surface area contributed by atoms with Crippen LogP contribution in [0.1, 0.15) is 60.0 Å². The van der Waals surface area contributed by atoms with Crippen LogP contribution in [0.25, 0.3) is 0 Å². The first-order valence-corrected chi connectivity index (χ1v) is 10.9. The number of aliphatic hydroxyl groups excluding tert-OH is 1. The Morgan fingerprint density at radius 2 is 1.61 bits per heavy atom. The average molecular weight is 383 g/mol. The minimum Gasteiger partial charge on any atom is -0.392 e. The molecule has 2 atom stereocenters. The fourth-order valence-electron chi connectivity index (χ4n) is 6.40. The van der Waals surface area contributed by atoms with Gasteiger partial charge < -0.3 is 14.9 Å². The van der Waals surface area contributed by atoms with Gasteiger partial charge in [-0.15, -0.1) is 0 Å². The van der Waals surface area contributed by atoms with Gasteiger partial charge in [0.2, 0.25) is 5.91 Å². The molecule has 5 nitrogen and oxygen atoms in total. The summed E-state index contributed by atoms with van der Waals surface area (Å²) in [6.07, 6.45) is 6.88. The van der Waals surface area contributed by atoms with E-state index in [1.165, 1.54) is 25.7 Å². The molecule has 0 aromatic heterocycles. The van der Waals surface area contributed by atoms with Gasteiger partial charge in [-0.25, -0.2) is 0 Å². The van der Waals surface area contributed by atoms with Gasteiger partial charge in [-0.1, -0.05) is 6.07 Å². The highest BCUT2D eigenvalue weighted by Gasteiger charge is 2.50. The number of carbonyl (C=O) groups is 2. The van der Waals surface area contributed by atoms with Crippen molar-refractivity contribution < 1.29 is 14.7 Å². The number of amides is 2. The van der Waals surface area contributed by atoms with E-state index in [1.807, 2.05) is 30.0 Å². The lowest BCUT2D eigenvalue weighted by Gasteiger charge is -2.42. The quantitative estimate of drug-likeness (QED) is 0.874. The van der Waals surface area contributed by atoms with Crippen molar-refractivity contribution in [2.24, 2.45) is 17.8 Å². The van der Waals surface area contributed by atoms with Gasteiger partial charge in [-0.05, 0) is 80.5 Å². The van der Waals surface area contributed by atoms with E-state index in [0.29, 0.717) is 36.4 Å². The van der Waals surface area contributed by atoms with Crippen LogP contribution in [0.5, 0.6) is 0 Å². The van der Waals surface area contributed by atoms with Crippen molar-refractivity contribution in [3.8, 4) is 0 Å². The second-order valence-corrected chi connectivity index (χ2v) is 9.34. The third-order valence-corrected chi connectivity index (χ3v) is 7.91. The molecule has 2 aliphatic heterocycles. The number of nitrogens with zero attached hydrogens (tertiary/aromatic N) is 2. The minimum absolute atomic E-state index is 0.0498. The number of benzene rings is 1. The van der Waals surface area contributed by atoms with Gasteiger partial charge in [0.15, 0.2) is 0 Å². The third kappa shape index (κ3) is 2.78. The molecule has 2 heterocycles. The van der Waals surface area contributed by atoms with Crippen molar-refractivity contribution >= 4 is 11.8 Å². The second kappa shape index (κ2) is 6.87. The van der Waals surface area contributed by atoms with E-state index in [0.717, 1.165) is 24.0 Å². The molecule has 1 aromatic rings. The molecular weight excluding hydrogens is 352 g/mol. The summed E-state index contributed by atoms with van der Waals surface area (Å²) < 4.78 is 0. The van der Waals surface area contributed by atoms with Crippen molar-refractivity contribution in [2.75, 3.05) is 13.1 Å². The summed E-state index contributed by atoms with van der Waals surface area (Å²) in [5.41, 5.74) is 2.47. The predicted molar refractivity (Wildman–Crippen MR) is 106 cm³/mol. The summed E-state index contributed by atoms with van der Waals surface area (Å²) >= 11 is 0. The first-order valence-electron chi connectivity index (χ1n) is 10.9. The van der Waals surface area contributed by atoms with Crippen molar-refractivity contribution in [1.29, 1.82) is 0 Å². The summed E-state index contributed by atoms with van der Waals surface area (Å²) in [6.45, 7) is 3.28. The maximum absolute atomic E-state index is 13.2. The van der Waals surface area contributed by atoms with E-state index in [1.54, 1.807) is 0 Å². The Bertz CT molecular complexity index is 773. The van der Waals surface area contributed by atoms with Crippen molar-refractivity contribution in [1.82, 2.24) is 9.80 Å². The van der Waals surface area contributed by atoms with E-state index in [-0.39, 0.29) is 30.5 Å². The average Bonchev–Trinajstić information content (AvgIpc) is 3.38. The van der Waals surface area contributed by atoms with Crippen LogP contribution in [-0.2, 0) is 11.4 Å². The Hall–Kier alpha value is -1.88. The zero-order valence-electron chi connectivity index (χ0n) is 16.6. The normalized spacial score (nSPS) is 33.6. The first kappa shape index (κ1) is 18.2. The summed E-state index contributed by atoms with van der Waals surface area (Å²) in [4.78, 5) is 30.6. The molecule has 150 valence electrons. The van der Waals surface area contributed by atoms with Gasteiger partial charge >= 0.3 is 0 Å². The number of carbonyl (C=O) groups excluding carboxylic acids is 2. The van der Waals surface area contributed by atoms with Crippen molar-refractivity contribution in [3.05, 3.63) is 34.9 Å². The lowest BCUT2D eigenvalue weighted by molar-refractivity contribution is -0.140. The van der Waals surface area contributed by atoms with Gasteiger partial charge in [0.1, 0.15) is 0 Å². The fourth-order valence-corrected chi connectivity index (χ4v) is 6.40. The lowest BCUT2D eigenvalue weighted by atomic mass is 9.95. The van der Waals surface area contributed by atoms with Crippen LogP contribution in [0, 0.1) is 24.7 Å².